The molecule has 0 bridgehead atoms. The monoisotopic (exact) mass is 291 g/mol. The number of carbonyl (C=O) groups excluding carboxylic acids is 1. The predicted octanol–water partition coefficient (Wildman–Crippen LogP) is 2.08. The molecule has 1 aromatic rings. The van der Waals surface area contributed by atoms with Crippen LogP contribution in [0.25, 0.3) is 0 Å². The molecule has 116 valence electrons. The lowest BCUT2D eigenvalue weighted by molar-refractivity contribution is 0.0600. The van der Waals surface area contributed by atoms with Gasteiger partial charge in [-0.1, -0.05) is 0 Å². The maximum absolute atomic E-state index is 11.7. The summed E-state index contributed by atoms with van der Waals surface area (Å²) in [5, 5.41) is 3.39. The summed E-state index contributed by atoms with van der Waals surface area (Å²) in [6, 6.07) is 3.87. The van der Waals surface area contributed by atoms with E-state index in [1.807, 2.05) is 6.07 Å². The van der Waals surface area contributed by atoms with Gasteiger partial charge in [-0.15, -0.1) is 0 Å². The van der Waals surface area contributed by atoms with Crippen molar-refractivity contribution in [2.45, 2.75) is 32.7 Å². The molecule has 0 spiro atoms. The van der Waals surface area contributed by atoms with Gasteiger partial charge in [0.25, 0.3) is 0 Å². The van der Waals surface area contributed by atoms with Crippen LogP contribution in [0, 0.1) is 5.92 Å². The fraction of sp³-hybridized carbons (Fsp3) is 0.625. The van der Waals surface area contributed by atoms with Crippen molar-refractivity contribution in [1.29, 1.82) is 0 Å². The van der Waals surface area contributed by atoms with Crippen LogP contribution < -0.4 is 10.2 Å². The van der Waals surface area contributed by atoms with Crippen LogP contribution in [0.2, 0.25) is 0 Å². The number of methoxy groups -OCH3 is 1. The standard InChI is InChI=1S/C16H25N3O2/c1-12(2)19(11-13-4-7-17-8-5-13)15-10-14(6-9-18-15)16(20)21-3/h6,9-10,12-13,17H,4-5,7-8,11H2,1-3H3. The molecule has 0 amide bonds. The van der Waals surface area contributed by atoms with Crippen molar-refractivity contribution in [1.82, 2.24) is 10.3 Å². The Kier molecular flexibility index (Phi) is 5.56. The zero-order chi connectivity index (χ0) is 15.2. The summed E-state index contributed by atoms with van der Waals surface area (Å²) in [6.07, 6.45) is 4.07. The van der Waals surface area contributed by atoms with Crippen molar-refractivity contribution < 1.29 is 9.53 Å². The van der Waals surface area contributed by atoms with Crippen LogP contribution in [0.4, 0.5) is 5.82 Å². The van der Waals surface area contributed by atoms with E-state index in [2.05, 4.69) is 29.0 Å². The van der Waals surface area contributed by atoms with Gasteiger partial charge in [-0.25, -0.2) is 9.78 Å². The Balaban J connectivity index is 2.15. The second-order valence-electron chi connectivity index (χ2n) is 5.83. The summed E-state index contributed by atoms with van der Waals surface area (Å²) in [6.45, 7) is 7.48. The van der Waals surface area contributed by atoms with E-state index in [1.165, 1.54) is 20.0 Å². The van der Waals surface area contributed by atoms with Crippen LogP contribution in [-0.4, -0.2) is 43.7 Å². The van der Waals surface area contributed by atoms with E-state index in [0.29, 0.717) is 17.5 Å². The van der Waals surface area contributed by atoms with Gasteiger partial charge in [0, 0.05) is 18.8 Å². The molecule has 0 atom stereocenters. The first-order chi connectivity index (χ1) is 10.1. The van der Waals surface area contributed by atoms with Crippen molar-refractivity contribution in [2.24, 2.45) is 5.92 Å². The first-order valence-electron chi connectivity index (χ1n) is 7.63. The zero-order valence-electron chi connectivity index (χ0n) is 13.1. The number of ether oxygens (including phenoxy) is 1. The number of carbonyl (C=O) groups is 1. The highest BCUT2D eigenvalue weighted by molar-refractivity contribution is 5.90. The molecule has 5 heteroatoms. The number of nitrogens with one attached hydrogen (secondary N) is 1. The van der Waals surface area contributed by atoms with Crippen LogP contribution in [0.1, 0.15) is 37.0 Å². The number of esters is 1. The molecule has 2 heterocycles. The average Bonchev–Trinajstić information content (AvgIpc) is 2.52. The molecule has 0 unspecified atom stereocenters. The third-order valence-corrected chi connectivity index (χ3v) is 4.00. The van der Waals surface area contributed by atoms with Gasteiger partial charge >= 0.3 is 5.97 Å². The SMILES string of the molecule is COC(=O)c1ccnc(N(CC2CCNCC2)C(C)C)c1. The minimum Gasteiger partial charge on any atom is -0.465 e. The maximum Gasteiger partial charge on any atom is 0.338 e. The molecule has 0 saturated carbocycles. The van der Waals surface area contributed by atoms with Crippen molar-refractivity contribution >= 4 is 11.8 Å². The Bertz CT molecular complexity index is 470. The predicted molar refractivity (Wildman–Crippen MR) is 83.7 cm³/mol. The Labute approximate surface area is 126 Å². The molecule has 1 fully saturated rings. The lowest BCUT2D eigenvalue weighted by Gasteiger charge is -2.33. The molecule has 0 radical (unpaired) electrons. The molecule has 1 aliphatic rings. The number of aromatic nitrogens is 1. The smallest absolute Gasteiger partial charge is 0.338 e. The Morgan fingerprint density at radius 2 is 2.19 bits per heavy atom. The number of anilines is 1. The lowest BCUT2D eigenvalue weighted by Crippen LogP contribution is -2.40. The maximum atomic E-state index is 11.7. The van der Waals surface area contributed by atoms with Crippen molar-refractivity contribution in [3.05, 3.63) is 23.9 Å². The highest BCUT2D eigenvalue weighted by Gasteiger charge is 2.21. The molecular formula is C16H25N3O2. The second-order valence-corrected chi connectivity index (χ2v) is 5.83. The van der Waals surface area contributed by atoms with Crippen LogP contribution in [0.15, 0.2) is 18.3 Å². The summed E-state index contributed by atoms with van der Waals surface area (Å²) in [5.74, 6) is 1.22. The molecule has 0 aliphatic carbocycles. The van der Waals surface area contributed by atoms with Gasteiger partial charge in [0.1, 0.15) is 5.82 Å². The zero-order valence-corrected chi connectivity index (χ0v) is 13.1. The summed E-state index contributed by atoms with van der Waals surface area (Å²) >= 11 is 0. The summed E-state index contributed by atoms with van der Waals surface area (Å²) in [7, 11) is 1.40. The van der Waals surface area contributed by atoms with Gasteiger partial charge in [-0.05, 0) is 57.8 Å². The van der Waals surface area contributed by atoms with Crippen molar-refractivity contribution in [3.8, 4) is 0 Å². The Morgan fingerprint density at radius 1 is 1.48 bits per heavy atom. The molecule has 1 saturated heterocycles. The normalized spacial score (nSPS) is 16.0. The third kappa shape index (κ3) is 4.17. The minimum atomic E-state index is -0.316. The van der Waals surface area contributed by atoms with Gasteiger partial charge in [0.2, 0.25) is 0 Å². The molecule has 1 N–H and O–H groups in total. The van der Waals surface area contributed by atoms with Crippen LogP contribution >= 0.6 is 0 Å². The van der Waals surface area contributed by atoms with Crippen LogP contribution in [-0.2, 0) is 4.74 Å². The highest BCUT2D eigenvalue weighted by Crippen LogP contribution is 2.21. The minimum absolute atomic E-state index is 0.316. The lowest BCUT2D eigenvalue weighted by atomic mass is 9.97. The van der Waals surface area contributed by atoms with E-state index >= 15 is 0 Å². The first kappa shape index (κ1) is 15.8. The molecule has 1 aliphatic heterocycles. The van der Waals surface area contributed by atoms with Crippen molar-refractivity contribution in [3.63, 3.8) is 0 Å². The largest absolute Gasteiger partial charge is 0.465 e. The van der Waals surface area contributed by atoms with Crippen LogP contribution in [0.3, 0.4) is 0 Å². The van der Waals surface area contributed by atoms with E-state index in [9.17, 15) is 4.79 Å². The average molecular weight is 291 g/mol. The van der Waals surface area contributed by atoms with Crippen molar-refractivity contribution in [2.75, 3.05) is 31.6 Å². The fourth-order valence-corrected chi connectivity index (χ4v) is 2.73. The molecule has 21 heavy (non-hydrogen) atoms. The van der Waals surface area contributed by atoms with E-state index < -0.39 is 0 Å². The van der Waals surface area contributed by atoms with E-state index in [1.54, 1.807) is 12.3 Å². The van der Waals surface area contributed by atoms with E-state index in [-0.39, 0.29) is 5.97 Å². The van der Waals surface area contributed by atoms with Gasteiger partial charge in [0.15, 0.2) is 0 Å². The van der Waals surface area contributed by atoms with Crippen LogP contribution in [0.5, 0.6) is 0 Å². The number of hydrogen-bond acceptors (Lipinski definition) is 5. The molecule has 0 aromatic carbocycles. The quantitative estimate of drug-likeness (QED) is 0.842. The Hall–Kier alpha value is -1.62. The summed E-state index contributed by atoms with van der Waals surface area (Å²) in [4.78, 5) is 18.4. The molecule has 5 nitrogen and oxygen atoms in total. The Morgan fingerprint density at radius 3 is 2.81 bits per heavy atom. The van der Waals surface area contributed by atoms with Gasteiger partial charge in [-0.3, -0.25) is 0 Å². The first-order valence-corrected chi connectivity index (χ1v) is 7.63. The van der Waals surface area contributed by atoms with E-state index in [4.69, 9.17) is 4.74 Å². The molecular weight excluding hydrogens is 266 g/mol. The topological polar surface area (TPSA) is 54.5 Å². The molecule has 2 rings (SSSR count). The second kappa shape index (κ2) is 7.41. The number of hydrogen-bond donors (Lipinski definition) is 1. The van der Waals surface area contributed by atoms with Gasteiger partial charge in [0.05, 0.1) is 12.7 Å². The third-order valence-electron chi connectivity index (χ3n) is 4.00. The van der Waals surface area contributed by atoms with Gasteiger partial charge < -0.3 is 15.0 Å². The summed E-state index contributed by atoms with van der Waals surface area (Å²) in [5.41, 5.74) is 0.554. The van der Waals surface area contributed by atoms with Gasteiger partial charge in [-0.2, -0.15) is 0 Å². The number of nitrogens with zero attached hydrogens (tertiary/aromatic N) is 2. The fourth-order valence-electron chi connectivity index (χ4n) is 2.73. The molecule has 1 aromatic heterocycles. The van der Waals surface area contributed by atoms with E-state index in [0.717, 1.165) is 25.5 Å². The number of rotatable bonds is 5. The number of pyridine rings is 1. The highest BCUT2D eigenvalue weighted by atomic mass is 16.5. The number of piperidine rings is 1. The summed E-state index contributed by atoms with van der Waals surface area (Å²) < 4.78 is 4.79.